The number of nitrogens with zero attached hydrogens (tertiary/aromatic N) is 6. The number of hydroxylamine groups is 2. The minimum Gasteiger partial charge on any atom is -0.287 e. The second-order valence-electron chi connectivity index (χ2n) is 14.8. The number of alkyl halides is 6. The van der Waals surface area contributed by atoms with Crippen molar-refractivity contribution in [1.29, 1.82) is 0 Å². The molecule has 1 amide bonds. The van der Waals surface area contributed by atoms with Crippen molar-refractivity contribution in [2.45, 2.75) is 42.5 Å². The summed E-state index contributed by atoms with van der Waals surface area (Å²) in [7, 11) is -6.52. The number of pyridine rings is 3. The molecule has 7 aromatic rings. The molecule has 5 heterocycles. The van der Waals surface area contributed by atoms with Gasteiger partial charge >= 0.3 is 12.4 Å². The second kappa shape index (κ2) is 21.6. The zero-order valence-electron chi connectivity index (χ0n) is 36.8. The molecule has 0 saturated carbocycles. The smallest absolute Gasteiger partial charge is 0.287 e. The Kier molecular flexibility index (Phi) is 16.5. The summed E-state index contributed by atoms with van der Waals surface area (Å²) in [5.41, 5.74) is -0.564. The number of fused-ring (bicyclic) bond motifs is 2. The molecule has 3 aromatic carbocycles. The molecule has 1 aliphatic rings. The van der Waals surface area contributed by atoms with Crippen LogP contribution in [0.5, 0.6) is 0 Å². The van der Waals surface area contributed by atoms with Crippen molar-refractivity contribution >= 4 is 106 Å². The van der Waals surface area contributed by atoms with Crippen molar-refractivity contribution in [3.8, 4) is 0 Å². The highest BCUT2D eigenvalue weighted by molar-refractivity contribution is 14.1. The van der Waals surface area contributed by atoms with E-state index < -0.39 is 65.0 Å². The number of ketones is 1. The lowest BCUT2D eigenvalue weighted by atomic mass is 10.0. The molecular weight excluding hydrogens is 1140 g/mol. The van der Waals surface area contributed by atoms with E-state index in [2.05, 4.69) is 62.2 Å². The predicted molar refractivity (Wildman–Crippen MR) is 259 cm³/mol. The zero-order valence-corrected chi connectivity index (χ0v) is 42.1. The zero-order chi connectivity index (χ0) is 52.2. The lowest BCUT2D eigenvalue weighted by molar-refractivity contribution is -0.139. The Labute approximate surface area is 424 Å². The van der Waals surface area contributed by atoms with Gasteiger partial charge in [0.25, 0.3) is 26.0 Å². The van der Waals surface area contributed by atoms with Crippen molar-refractivity contribution in [3.63, 3.8) is 0 Å². The highest BCUT2D eigenvalue weighted by Gasteiger charge is 2.35. The standard InChI is InChI=1S/C21H14ClF3N4O3S.C16H15ClF3N3O4S.C7H5IN2/c1-11-5-6-13(8-16(11)21(23,24)25)33(31,32)29-18-7-12(22)9-26-19(18)20(30)14-3-2-4-17-15(14)10-27-28-17;1-9-4-5-11(7-12(9)16(18,19)20)28(25,26)22-13-6-10(17)8-21-14(13)15(24)23(2)27-3;8-6-1-2-10-7-4-9-3-5(6)7/h2-10,29H,1H3,(H,27,28);4-8,22H,1-3H3;1-3H,4H2. The summed E-state index contributed by atoms with van der Waals surface area (Å²) < 4.78 is 136. The van der Waals surface area contributed by atoms with E-state index in [1.807, 2.05) is 18.5 Å². The van der Waals surface area contributed by atoms with E-state index in [9.17, 15) is 52.8 Å². The fourth-order valence-electron chi connectivity index (χ4n) is 6.44. The van der Waals surface area contributed by atoms with E-state index in [0.717, 1.165) is 66.1 Å². The topological polar surface area (TPSA) is 219 Å². The molecule has 0 spiro atoms. The molecule has 0 radical (unpaired) electrons. The number of aryl methyl sites for hydroxylation is 2. The monoisotopic (exact) mass is 1180 g/mol. The Balaban J connectivity index is 0.000000196. The SMILES string of the molecule is CON(C)C(=O)c1ncc(Cl)cc1NS(=O)(=O)c1ccc(C)c(C(F)(F)F)c1.Cc1ccc(S(=O)(=O)Nc2cc(Cl)cnc2C(=O)c2cccc3[nH]ncc23)cc1C(F)(F)F.Ic1ccnc2c1C=NC2. The van der Waals surface area contributed by atoms with E-state index in [-0.39, 0.29) is 49.5 Å². The number of aromatic nitrogens is 5. The summed E-state index contributed by atoms with van der Waals surface area (Å²) in [6.07, 6.45) is -2.03. The third kappa shape index (κ3) is 12.8. The second-order valence-corrected chi connectivity index (χ2v) is 20.2. The molecule has 16 nitrogen and oxygen atoms in total. The Morgan fingerprint density at radius 3 is 1.82 bits per heavy atom. The number of halogens is 9. The molecule has 372 valence electrons. The maximum atomic E-state index is 13.3. The van der Waals surface area contributed by atoms with Crippen molar-refractivity contribution in [2.24, 2.45) is 4.99 Å². The van der Waals surface area contributed by atoms with Crippen molar-refractivity contribution in [3.05, 3.63) is 162 Å². The number of aromatic amines is 1. The van der Waals surface area contributed by atoms with Crippen LogP contribution in [0.4, 0.5) is 37.7 Å². The first-order chi connectivity index (χ1) is 33.2. The Bertz CT molecular complexity index is 3460. The van der Waals surface area contributed by atoms with Crippen LogP contribution < -0.4 is 9.44 Å². The Hall–Kier alpha value is -6.26. The molecule has 27 heteroatoms. The molecule has 8 rings (SSSR count). The van der Waals surface area contributed by atoms with Gasteiger partial charge < -0.3 is 0 Å². The fraction of sp³-hybridized carbons (Fsp3) is 0.159. The van der Waals surface area contributed by atoms with Gasteiger partial charge in [0.1, 0.15) is 5.69 Å². The first-order valence-corrected chi connectivity index (χ1v) is 24.7. The highest BCUT2D eigenvalue weighted by Crippen LogP contribution is 2.36. The number of amides is 1. The largest absolute Gasteiger partial charge is 0.416 e. The molecule has 0 bridgehead atoms. The van der Waals surface area contributed by atoms with Gasteiger partial charge in [0, 0.05) is 51.9 Å². The Morgan fingerprint density at radius 2 is 1.30 bits per heavy atom. The number of nitrogens with one attached hydrogen (secondary N) is 3. The minimum absolute atomic E-state index is 0.00852. The summed E-state index contributed by atoms with van der Waals surface area (Å²) in [5, 5.41) is 7.92. The summed E-state index contributed by atoms with van der Waals surface area (Å²) in [4.78, 5) is 45.0. The number of hydrogen-bond donors (Lipinski definition) is 3. The van der Waals surface area contributed by atoms with Gasteiger partial charge in [0.05, 0.1) is 73.4 Å². The molecule has 0 aliphatic carbocycles. The first-order valence-electron chi connectivity index (χ1n) is 19.9. The number of anilines is 2. The number of carbonyl (C=O) groups is 2. The summed E-state index contributed by atoms with van der Waals surface area (Å²) in [6, 6.07) is 14.3. The van der Waals surface area contributed by atoms with Gasteiger partial charge in [-0.05, 0) is 96.1 Å². The van der Waals surface area contributed by atoms with Crippen LogP contribution in [0.2, 0.25) is 10.0 Å². The first kappa shape index (κ1) is 54.1. The Morgan fingerprint density at radius 1 is 0.761 bits per heavy atom. The van der Waals surface area contributed by atoms with Gasteiger partial charge in [0.15, 0.2) is 5.69 Å². The molecule has 71 heavy (non-hydrogen) atoms. The normalized spacial score (nSPS) is 12.3. The maximum Gasteiger partial charge on any atom is 0.416 e. The molecule has 1 aliphatic heterocycles. The number of H-pyrrole nitrogens is 1. The number of carbonyl (C=O) groups excluding carboxylic acids is 2. The number of aliphatic imine (C=N–C) groups is 1. The van der Waals surface area contributed by atoms with Crippen LogP contribution in [-0.4, -0.2) is 79.1 Å². The van der Waals surface area contributed by atoms with E-state index in [0.29, 0.717) is 23.0 Å². The lowest BCUT2D eigenvalue weighted by Gasteiger charge is -2.17. The molecule has 0 fully saturated rings. The lowest BCUT2D eigenvalue weighted by Crippen LogP contribution is -2.28. The van der Waals surface area contributed by atoms with Crippen LogP contribution >= 0.6 is 45.8 Å². The predicted octanol–water partition coefficient (Wildman–Crippen LogP) is 10.1. The van der Waals surface area contributed by atoms with E-state index in [1.165, 1.54) is 49.4 Å². The average Bonchev–Trinajstić information content (AvgIpc) is 3.99. The van der Waals surface area contributed by atoms with Crippen LogP contribution in [0.3, 0.4) is 0 Å². The van der Waals surface area contributed by atoms with Crippen LogP contribution in [0, 0.1) is 17.4 Å². The van der Waals surface area contributed by atoms with Crippen molar-refractivity contribution in [2.75, 3.05) is 23.6 Å². The molecule has 0 atom stereocenters. The van der Waals surface area contributed by atoms with Gasteiger partial charge in [-0.1, -0.05) is 47.5 Å². The van der Waals surface area contributed by atoms with E-state index >= 15 is 0 Å². The number of hydrogen-bond acceptors (Lipinski definition) is 12. The average molecular weight is 1180 g/mol. The minimum atomic E-state index is -4.74. The van der Waals surface area contributed by atoms with Crippen LogP contribution in [0.15, 0.2) is 112 Å². The van der Waals surface area contributed by atoms with E-state index in [4.69, 9.17) is 28.0 Å². The quantitative estimate of drug-likeness (QED) is 0.0506. The summed E-state index contributed by atoms with van der Waals surface area (Å²) >= 11 is 14.1. The van der Waals surface area contributed by atoms with Gasteiger partial charge in [-0.3, -0.25) is 38.9 Å². The molecule has 0 saturated heterocycles. The number of benzene rings is 3. The van der Waals surface area contributed by atoms with Crippen LogP contribution in [-0.2, 0) is 43.8 Å². The summed E-state index contributed by atoms with van der Waals surface area (Å²) in [6.45, 7) is 3.19. The van der Waals surface area contributed by atoms with Gasteiger partial charge in [0.2, 0.25) is 5.78 Å². The van der Waals surface area contributed by atoms with Gasteiger partial charge in [-0.2, -0.15) is 31.4 Å². The van der Waals surface area contributed by atoms with Crippen LogP contribution in [0.1, 0.15) is 60.1 Å². The van der Waals surface area contributed by atoms with E-state index in [1.54, 1.807) is 12.1 Å². The highest BCUT2D eigenvalue weighted by atomic mass is 127. The van der Waals surface area contributed by atoms with Gasteiger partial charge in [-0.25, -0.2) is 31.9 Å². The van der Waals surface area contributed by atoms with Crippen molar-refractivity contribution in [1.82, 2.24) is 30.2 Å². The number of rotatable bonds is 10. The molecular formula is C44H34Cl2F6IN9O7S2. The third-order valence-electron chi connectivity index (χ3n) is 10.0. The third-order valence-corrected chi connectivity index (χ3v) is 14.1. The van der Waals surface area contributed by atoms with Crippen molar-refractivity contribution < 1.29 is 57.6 Å². The fourth-order valence-corrected chi connectivity index (χ4v) is 9.53. The number of sulfonamides is 2. The molecule has 0 unspecified atom stereocenters. The maximum absolute atomic E-state index is 13.3. The molecule has 3 N–H and O–H groups in total. The molecule has 4 aromatic heterocycles. The summed E-state index contributed by atoms with van der Waals surface area (Å²) in [5.74, 6) is -1.42. The van der Waals surface area contributed by atoms with Crippen LogP contribution in [0.25, 0.3) is 10.9 Å². The van der Waals surface area contributed by atoms with Gasteiger partial charge in [-0.15, -0.1) is 0 Å².